The molecule has 0 spiro atoms. The van der Waals surface area contributed by atoms with Crippen LogP contribution in [-0.2, 0) is 0 Å². The zero-order chi connectivity index (χ0) is 28.3. The highest BCUT2D eigenvalue weighted by Gasteiger charge is 2.16. The van der Waals surface area contributed by atoms with Gasteiger partial charge in [-0.1, -0.05) is 115 Å². The van der Waals surface area contributed by atoms with Gasteiger partial charge in [0.25, 0.3) is 0 Å². The summed E-state index contributed by atoms with van der Waals surface area (Å²) in [5.41, 5.74) is 11.4. The number of pyridine rings is 1. The minimum absolute atomic E-state index is 1.01. The van der Waals surface area contributed by atoms with Gasteiger partial charge in [0.05, 0.1) is 5.69 Å². The molecule has 2 nitrogen and oxygen atoms in total. The van der Waals surface area contributed by atoms with Gasteiger partial charge in [-0.15, -0.1) is 0 Å². The van der Waals surface area contributed by atoms with E-state index in [0.29, 0.717) is 0 Å². The molecule has 0 saturated carbocycles. The summed E-state index contributed by atoms with van der Waals surface area (Å²) in [5.74, 6) is 0. The molecule has 1 heterocycles. The molecule has 200 valence electrons. The molecule has 0 aliphatic rings. The molecule has 0 N–H and O–H groups in total. The molecule has 0 bridgehead atoms. The molecule has 42 heavy (non-hydrogen) atoms. The molecular formula is C40H30N2. The zero-order valence-electron chi connectivity index (χ0n) is 23.5. The summed E-state index contributed by atoms with van der Waals surface area (Å²) >= 11 is 0. The van der Waals surface area contributed by atoms with Gasteiger partial charge >= 0.3 is 0 Å². The second-order valence-corrected chi connectivity index (χ2v) is 10.5. The van der Waals surface area contributed by atoms with Crippen LogP contribution in [0.1, 0.15) is 5.56 Å². The first-order valence-corrected chi connectivity index (χ1v) is 14.3. The lowest BCUT2D eigenvalue weighted by atomic mass is 9.98. The molecular weight excluding hydrogens is 508 g/mol. The van der Waals surface area contributed by atoms with Crippen molar-refractivity contribution in [1.29, 1.82) is 0 Å². The van der Waals surface area contributed by atoms with E-state index in [1.807, 2.05) is 6.20 Å². The van der Waals surface area contributed by atoms with Crippen molar-refractivity contribution < 1.29 is 0 Å². The number of anilines is 3. The number of fused-ring (bicyclic) bond motifs is 1. The maximum Gasteiger partial charge on any atom is 0.0783 e. The van der Waals surface area contributed by atoms with E-state index in [2.05, 4.69) is 170 Å². The van der Waals surface area contributed by atoms with Crippen molar-refractivity contribution in [2.24, 2.45) is 0 Å². The first kappa shape index (κ1) is 25.5. The van der Waals surface area contributed by atoms with Gasteiger partial charge in [-0.05, 0) is 82.6 Å². The molecule has 7 rings (SSSR count). The third-order valence-corrected chi connectivity index (χ3v) is 7.87. The van der Waals surface area contributed by atoms with Crippen LogP contribution in [0, 0.1) is 6.92 Å². The summed E-state index contributed by atoms with van der Waals surface area (Å²) in [6.07, 6.45) is 1.91. The molecule has 7 aromatic rings. The number of nitrogens with zero attached hydrogens (tertiary/aromatic N) is 2. The van der Waals surface area contributed by atoms with Crippen LogP contribution in [0.2, 0.25) is 0 Å². The number of aryl methyl sites for hydroxylation is 1. The Hall–Kier alpha value is -5.47. The van der Waals surface area contributed by atoms with E-state index in [0.717, 1.165) is 33.7 Å². The minimum Gasteiger partial charge on any atom is -0.310 e. The molecule has 0 radical (unpaired) electrons. The van der Waals surface area contributed by atoms with Crippen molar-refractivity contribution >= 4 is 27.8 Å². The third-order valence-electron chi connectivity index (χ3n) is 7.87. The van der Waals surface area contributed by atoms with Gasteiger partial charge in [0.2, 0.25) is 0 Å². The average molecular weight is 539 g/mol. The molecule has 0 aliphatic heterocycles. The fourth-order valence-electron chi connectivity index (χ4n) is 5.65. The summed E-state index contributed by atoms with van der Waals surface area (Å²) in [5, 5.41) is 2.35. The first-order valence-electron chi connectivity index (χ1n) is 14.3. The van der Waals surface area contributed by atoms with Gasteiger partial charge in [-0.2, -0.15) is 0 Å². The SMILES string of the molecule is Cc1ccc(N(c2ccc(-c3ccccc3)cc2)c2ccc(-c3ccccc3)cc2)cc1-c1nccc2ccccc12. The Morgan fingerprint density at radius 1 is 0.452 bits per heavy atom. The van der Waals surface area contributed by atoms with Crippen molar-refractivity contribution in [3.05, 3.63) is 169 Å². The fourth-order valence-corrected chi connectivity index (χ4v) is 5.65. The van der Waals surface area contributed by atoms with Crippen LogP contribution >= 0.6 is 0 Å². The van der Waals surface area contributed by atoms with Crippen LogP contribution in [0.25, 0.3) is 44.3 Å². The number of rotatable bonds is 6. The molecule has 0 saturated heterocycles. The monoisotopic (exact) mass is 538 g/mol. The van der Waals surface area contributed by atoms with Crippen molar-refractivity contribution in [3.8, 4) is 33.5 Å². The lowest BCUT2D eigenvalue weighted by Crippen LogP contribution is -2.10. The number of benzene rings is 6. The quantitative estimate of drug-likeness (QED) is 0.209. The van der Waals surface area contributed by atoms with Crippen LogP contribution < -0.4 is 4.90 Å². The first-order chi connectivity index (χ1) is 20.7. The van der Waals surface area contributed by atoms with E-state index in [1.54, 1.807) is 0 Å². The molecule has 0 aliphatic carbocycles. The number of hydrogen-bond donors (Lipinski definition) is 0. The van der Waals surface area contributed by atoms with Crippen LogP contribution in [0.15, 0.2) is 164 Å². The molecule has 2 heteroatoms. The van der Waals surface area contributed by atoms with Crippen molar-refractivity contribution in [2.75, 3.05) is 4.90 Å². The Labute approximate surface area is 247 Å². The summed E-state index contributed by atoms with van der Waals surface area (Å²) in [4.78, 5) is 7.19. The summed E-state index contributed by atoms with van der Waals surface area (Å²) < 4.78 is 0. The highest BCUT2D eigenvalue weighted by atomic mass is 15.1. The second kappa shape index (κ2) is 11.2. The van der Waals surface area contributed by atoms with Gasteiger partial charge in [0.1, 0.15) is 0 Å². The van der Waals surface area contributed by atoms with Crippen LogP contribution in [0.5, 0.6) is 0 Å². The molecule has 0 amide bonds. The topological polar surface area (TPSA) is 16.1 Å². The average Bonchev–Trinajstić information content (AvgIpc) is 3.07. The van der Waals surface area contributed by atoms with Crippen LogP contribution in [0.3, 0.4) is 0 Å². The van der Waals surface area contributed by atoms with Gasteiger partial charge in [-0.3, -0.25) is 4.98 Å². The number of aromatic nitrogens is 1. The van der Waals surface area contributed by atoms with Crippen molar-refractivity contribution in [1.82, 2.24) is 4.98 Å². The molecule has 6 aromatic carbocycles. The van der Waals surface area contributed by atoms with Gasteiger partial charge < -0.3 is 4.90 Å². The van der Waals surface area contributed by atoms with E-state index < -0.39 is 0 Å². The van der Waals surface area contributed by atoms with Gasteiger partial charge in [0, 0.05) is 34.2 Å². The van der Waals surface area contributed by atoms with E-state index in [4.69, 9.17) is 4.98 Å². The molecule has 0 fully saturated rings. The lowest BCUT2D eigenvalue weighted by Gasteiger charge is -2.27. The molecule has 0 atom stereocenters. The molecule has 1 aromatic heterocycles. The van der Waals surface area contributed by atoms with Crippen LogP contribution in [-0.4, -0.2) is 4.98 Å². The maximum atomic E-state index is 4.86. The van der Waals surface area contributed by atoms with Gasteiger partial charge in [0.15, 0.2) is 0 Å². The molecule has 0 unspecified atom stereocenters. The summed E-state index contributed by atoms with van der Waals surface area (Å²) in [7, 11) is 0. The lowest BCUT2D eigenvalue weighted by molar-refractivity contribution is 1.27. The Balaban J connectivity index is 1.35. The Bertz CT molecular complexity index is 1870. The zero-order valence-corrected chi connectivity index (χ0v) is 23.5. The van der Waals surface area contributed by atoms with E-state index in [1.165, 1.54) is 33.2 Å². The summed E-state index contributed by atoms with van der Waals surface area (Å²) in [6, 6.07) is 56.0. The highest BCUT2D eigenvalue weighted by Crippen LogP contribution is 2.39. The smallest absolute Gasteiger partial charge is 0.0783 e. The predicted molar refractivity (Wildman–Crippen MR) is 177 cm³/mol. The Morgan fingerprint density at radius 2 is 0.952 bits per heavy atom. The maximum absolute atomic E-state index is 4.86. The largest absolute Gasteiger partial charge is 0.310 e. The second-order valence-electron chi connectivity index (χ2n) is 10.5. The van der Waals surface area contributed by atoms with Crippen LogP contribution in [0.4, 0.5) is 17.1 Å². The standard InChI is InChI=1S/C40H30N2/c1-29-16-21-37(28-39(29)40-38-15-9-8-14-34(38)26-27-41-40)42(35-22-17-32(18-23-35)30-10-4-2-5-11-30)36-24-19-33(20-25-36)31-12-6-3-7-13-31/h2-28H,1H3. The predicted octanol–water partition coefficient (Wildman–Crippen LogP) is 11.0. The Kier molecular flexibility index (Phi) is 6.79. The normalized spacial score (nSPS) is 11.0. The van der Waals surface area contributed by atoms with Crippen molar-refractivity contribution in [2.45, 2.75) is 6.92 Å². The van der Waals surface area contributed by atoms with E-state index in [-0.39, 0.29) is 0 Å². The third kappa shape index (κ3) is 4.95. The highest BCUT2D eigenvalue weighted by molar-refractivity contribution is 5.96. The Morgan fingerprint density at radius 3 is 1.55 bits per heavy atom. The fraction of sp³-hybridized carbons (Fsp3) is 0.0250. The summed E-state index contributed by atoms with van der Waals surface area (Å²) in [6.45, 7) is 2.16. The minimum atomic E-state index is 1.01. The van der Waals surface area contributed by atoms with E-state index >= 15 is 0 Å². The van der Waals surface area contributed by atoms with Gasteiger partial charge in [-0.25, -0.2) is 0 Å². The van der Waals surface area contributed by atoms with E-state index in [9.17, 15) is 0 Å². The number of hydrogen-bond acceptors (Lipinski definition) is 2. The van der Waals surface area contributed by atoms with Crippen molar-refractivity contribution in [3.63, 3.8) is 0 Å².